The van der Waals surface area contributed by atoms with Crippen LogP contribution in [0.25, 0.3) is 0 Å². The third-order valence-electron chi connectivity index (χ3n) is 4.74. The van der Waals surface area contributed by atoms with E-state index in [1.165, 1.54) is 31.5 Å². The van der Waals surface area contributed by atoms with Gasteiger partial charge in [-0.05, 0) is 43.4 Å². The van der Waals surface area contributed by atoms with E-state index >= 15 is 0 Å². The molecule has 1 saturated carbocycles. The molecule has 3 nitrogen and oxygen atoms in total. The van der Waals surface area contributed by atoms with Gasteiger partial charge in [0, 0.05) is 12.5 Å². The molecule has 0 N–H and O–H groups in total. The first-order chi connectivity index (χ1) is 9.47. The molecule has 114 valence electrons. The second-order valence-corrected chi connectivity index (χ2v) is 7.44. The van der Waals surface area contributed by atoms with Gasteiger partial charge >= 0.3 is 0 Å². The second-order valence-electron chi connectivity index (χ2n) is 7.17. The molecule has 1 heterocycles. The first kappa shape index (κ1) is 15.8. The minimum atomic E-state index is 0.434. The van der Waals surface area contributed by atoms with Crippen molar-refractivity contribution < 1.29 is 0 Å². The average Bonchev–Trinajstić information content (AvgIpc) is 2.81. The number of rotatable bonds is 4. The van der Waals surface area contributed by atoms with E-state index in [1.807, 2.05) is 0 Å². The predicted molar refractivity (Wildman–Crippen MR) is 84.0 cm³/mol. The Kier molecular flexibility index (Phi) is 5.11. The summed E-state index contributed by atoms with van der Waals surface area (Å²) >= 11 is 5.98. The van der Waals surface area contributed by atoms with Crippen molar-refractivity contribution >= 4 is 11.6 Å². The van der Waals surface area contributed by atoms with Gasteiger partial charge in [-0.1, -0.05) is 27.7 Å². The Labute approximate surface area is 128 Å². The summed E-state index contributed by atoms with van der Waals surface area (Å²) in [6.45, 7) is 10.3. The molecule has 1 aromatic rings. The van der Waals surface area contributed by atoms with Crippen LogP contribution in [-0.4, -0.2) is 14.8 Å². The molecule has 2 rings (SSSR count). The highest BCUT2D eigenvalue weighted by molar-refractivity contribution is 6.16. The van der Waals surface area contributed by atoms with Gasteiger partial charge in [0.15, 0.2) is 0 Å². The second kappa shape index (κ2) is 6.46. The van der Waals surface area contributed by atoms with Crippen LogP contribution in [0.15, 0.2) is 0 Å². The first-order valence-corrected chi connectivity index (χ1v) is 8.48. The van der Waals surface area contributed by atoms with Crippen molar-refractivity contribution in [3.8, 4) is 0 Å². The molecule has 0 saturated heterocycles. The summed E-state index contributed by atoms with van der Waals surface area (Å²) in [6, 6.07) is 0. The SMILES string of the molecule is CCCn1c(CCl)nnc1C1CCC(C(C)(C)C)CC1. The molecule has 4 heteroatoms. The Morgan fingerprint density at radius 2 is 1.80 bits per heavy atom. The van der Waals surface area contributed by atoms with Crippen LogP contribution in [-0.2, 0) is 12.4 Å². The van der Waals surface area contributed by atoms with Crippen molar-refractivity contribution in [1.29, 1.82) is 0 Å². The van der Waals surface area contributed by atoms with Crippen LogP contribution in [0.3, 0.4) is 0 Å². The van der Waals surface area contributed by atoms with E-state index in [9.17, 15) is 0 Å². The number of hydrogen-bond donors (Lipinski definition) is 0. The van der Waals surface area contributed by atoms with Gasteiger partial charge in [-0.3, -0.25) is 0 Å². The first-order valence-electron chi connectivity index (χ1n) is 7.95. The molecular formula is C16H28ClN3. The molecule has 1 aliphatic carbocycles. The quantitative estimate of drug-likeness (QED) is 0.751. The van der Waals surface area contributed by atoms with Crippen LogP contribution in [0, 0.1) is 11.3 Å². The van der Waals surface area contributed by atoms with Gasteiger partial charge in [0.05, 0.1) is 5.88 Å². The lowest BCUT2D eigenvalue weighted by atomic mass is 9.69. The molecule has 1 aromatic heterocycles. The van der Waals surface area contributed by atoms with E-state index in [4.69, 9.17) is 11.6 Å². The zero-order valence-electron chi connectivity index (χ0n) is 13.3. The van der Waals surface area contributed by atoms with Gasteiger partial charge in [-0.15, -0.1) is 21.8 Å². The Hall–Kier alpha value is -0.570. The van der Waals surface area contributed by atoms with Crippen LogP contribution in [0.1, 0.15) is 77.4 Å². The number of hydrogen-bond acceptors (Lipinski definition) is 2. The molecule has 0 atom stereocenters. The van der Waals surface area contributed by atoms with Crippen molar-refractivity contribution in [3.63, 3.8) is 0 Å². The third kappa shape index (κ3) is 3.36. The molecule has 0 aliphatic heterocycles. The lowest BCUT2D eigenvalue weighted by Crippen LogP contribution is -2.26. The molecule has 0 amide bonds. The Bertz CT molecular complexity index is 425. The van der Waals surface area contributed by atoms with Crippen LogP contribution in [0.5, 0.6) is 0 Å². The van der Waals surface area contributed by atoms with Gasteiger partial charge in [0.2, 0.25) is 0 Å². The Morgan fingerprint density at radius 3 is 2.30 bits per heavy atom. The summed E-state index contributed by atoms with van der Waals surface area (Å²) in [5.41, 5.74) is 0.434. The highest BCUT2D eigenvalue weighted by Gasteiger charge is 2.32. The number of halogens is 1. The minimum Gasteiger partial charge on any atom is -0.314 e. The monoisotopic (exact) mass is 297 g/mol. The molecule has 1 aliphatic rings. The van der Waals surface area contributed by atoms with E-state index in [2.05, 4.69) is 42.5 Å². The van der Waals surface area contributed by atoms with Crippen molar-refractivity contribution in [2.24, 2.45) is 11.3 Å². The normalized spacial score (nSPS) is 24.1. The molecule has 20 heavy (non-hydrogen) atoms. The molecule has 0 radical (unpaired) electrons. The summed E-state index contributed by atoms with van der Waals surface area (Å²) in [5, 5.41) is 8.72. The molecular weight excluding hydrogens is 270 g/mol. The Balaban J connectivity index is 2.09. The van der Waals surface area contributed by atoms with Gasteiger partial charge in [-0.2, -0.15) is 0 Å². The fourth-order valence-corrected chi connectivity index (χ4v) is 3.63. The van der Waals surface area contributed by atoms with Crippen molar-refractivity contribution in [2.45, 2.75) is 78.1 Å². The molecule has 0 bridgehead atoms. The highest BCUT2D eigenvalue weighted by Crippen LogP contribution is 2.42. The van der Waals surface area contributed by atoms with Gasteiger partial charge in [-0.25, -0.2) is 0 Å². The standard InChI is InChI=1S/C16H28ClN3/c1-5-10-20-14(11-17)18-19-15(20)12-6-8-13(9-7-12)16(2,3)4/h12-13H,5-11H2,1-4H3. The van der Waals surface area contributed by atoms with Crippen molar-refractivity contribution in [2.75, 3.05) is 0 Å². The van der Waals surface area contributed by atoms with E-state index in [0.717, 1.165) is 24.7 Å². The average molecular weight is 298 g/mol. The molecule has 0 spiro atoms. The van der Waals surface area contributed by atoms with Crippen molar-refractivity contribution in [1.82, 2.24) is 14.8 Å². The fraction of sp³-hybridized carbons (Fsp3) is 0.875. The van der Waals surface area contributed by atoms with Crippen molar-refractivity contribution in [3.05, 3.63) is 11.6 Å². The summed E-state index contributed by atoms with van der Waals surface area (Å²) in [6.07, 6.45) is 6.21. The van der Waals surface area contributed by atoms with Gasteiger partial charge < -0.3 is 4.57 Å². The fourth-order valence-electron chi connectivity index (χ4n) is 3.43. The lowest BCUT2D eigenvalue weighted by Gasteiger charge is -2.36. The molecule has 0 unspecified atom stereocenters. The predicted octanol–water partition coefficient (Wildman–Crippen LogP) is 4.75. The third-order valence-corrected chi connectivity index (χ3v) is 4.98. The lowest BCUT2D eigenvalue weighted by molar-refractivity contribution is 0.166. The molecule has 0 aromatic carbocycles. The van der Waals surface area contributed by atoms with Crippen LogP contribution < -0.4 is 0 Å². The maximum absolute atomic E-state index is 5.98. The van der Waals surface area contributed by atoms with E-state index < -0.39 is 0 Å². The number of nitrogens with zero attached hydrogens (tertiary/aromatic N) is 3. The summed E-state index contributed by atoms with van der Waals surface area (Å²) in [4.78, 5) is 0. The zero-order chi connectivity index (χ0) is 14.8. The number of aromatic nitrogens is 3. The van der Waals surface area contributed by atoms with Gasteiger partial charge in [0.25, 0.3) is 0 Å². The summed E-state index contributed by atoms with van der Waals surface area (Å²) in [7, 11) is 0. The minimum absolute atomic E-state index is 0.434. The maximum Gasteiger partial charge on any atom is 0.147 e. The Morgan fingerprint density at radius 1 is 1.15 bits per heavy atom. The van der Waals surface area contributed by atoms with Crippen LogP contribution in [0.4, 0.5) is 0 Å². The van der Waals surface area contributed by atoms with Crippen LogP contribution >= 0.6 is 11.6 Å². The topological polar surface area (TPSA) is 30.7 Å². The number of alkyl halides is 1. The van der Waals surface area contributed by atoms with E-state index in [-0.39, 0.29) is 0 Å². The van der Waals surface area contributed by atoms with Gasteiger partial charge in [0.1, 0.15) is 11.6 Å². The van der Waals surface area contributed by atoms with E-state index in [1.54, 1.807) is 0 Å². The summed E-state index contributed by atoms with van der Waals surface area (Å²) in [5.74, 6) is 3.99. The van der Waals surface area contributed by atoms with E-state index in [0.29, 0.717) is 17.2 Å². The zero-order valence-corrected chi connectivity index (χ0v) is 14.1. The van der Waals surface area contributed by atoms with Crippen LogP contribution in [0.2, 0.25) is 0 Å². The molecule has 1 fully saturated rings. The highest BCUT2D eigenvalue weighted by atomic mass is 35.5. The maximum atomic E-state index is 5.98. The largest absolute Gasteiger partial charge is 0.314 e. The summed E-state index contributed by atoms with van der Waals surface area (Å²) < 4.78 is 2.26. The smallest absolute Gasteiger partial charge is 0.147 e.